The molecule has 1 aromatic heterocycles. The molecule has 0 aliphatic heterocycles. The van der Waals surface area contributed by atoms with Crippen LogP contribution in [0.15, 0.2) is 22.7 Å². The van der Waals surface area contributed by atoms with E-state index >= 15 is 0 Å². The van der Waals surface area contributed by atoms with E-state index in [1.807, 2.05) is 20.8 Å². The second kappa shape index (κ2) is 5.20. The summed E-state index contributed by atoms with van der Waals surface area (Å²) in [7, 11) is 1.60. The van der Waals surface area contributed by atoms with Gasteiger partial charge in [-0.3, -0.25) is 0 Å². The Morgan fingerprint density at radius 2 is 2.05 bits per heavy atom. The van der Waals surface area contributed by atoms with Crippen LogP contribution >= 0.6 is 0 Å². The van der Waals surface area contributed by atoms with Crippen molar-refractivity contribution in [3.05, 3.63) is 29.8 Å². The van der Waals surface area contributed by atoms with Gasteiger partial charge in [0.05, 0.1) is 5.69 Å². The lowest BCUT2D eigenvalue weighted by molar-refractivity contribution is 0.00718. The summed E-state index contributed by atoms with van der Waals surface area (Å²) in [5, 5.41) is 3.94. The molecular formula is C14H18FN3O2. The highest BCUT2D eigenvalue weighted by molar-refractivity contribution is 5.60. The molecule has 0 saturated heterocycles. The number of aromatic nitrogens is 2. The normalized spacial score (nSPS) is 13.4. The van der Waals surface area contributed by atoms with Gasteiger partial charge in [-0.2, -0.15) is 4.98 Å². The first-order chi connectivity index (χ1) is 9.32. The molecular weight excluding hydrogens is 261 g/mol. The quantitative estimate of drug-likeness (QED) is 0.873. The molecule has 2 aromatic rings. The lowest BCUT2D eigenvalue weighted by atomic mass is 9.88. The minimum atomic E-state index is -0.474. The van der Waals surface area contributed by atoms with Crippen LogP contribution in [0.3, 0.4) is 0 Å². The molecule has 1 aromatic carbocycles. The standard InChI is InChI=1S/C14H18FN3O2/c1-14(2,3)11(19-4)12-17-13(20-18-12)8-5-6-9(15)10(16)7-8/h5-7,11H,16H2,1-4H3. The third-order valence-corrected chi connectivity index (χ3v) is 2.94. The first-order valence-electron chi connectivity index (χ1n) is 6.24. The molecule has 6 heteroatoms. The molecule has 2 N–H and O–H groups in total. The first-order valence-corrected chi connectivity index (χ1v) is 6.24. The number of rotatable bonds is 3. The van der Waals surface area contributed by atoms with Gasteiger partial charge < -0.3 is 15.0 Å². The number of methoxy groups -OCH3 is 1. The van der Waals surface area contributed by atoms with E-state index in [1.54, 1.807) is 13.2 Å². The van der Waals surface area contributed by atoms with Crippen molar-refractivity contribution in [2.45, 2.75) is 26.9 Å². The van der Waals surface area contributed by atoms with Crippen LogP contribution in [0.4, 0.5) is 10.1 Å². The molecule has 0 aliphatic carbocycles. The lowest BCUT2D eigenvalue weighted by Gasteiger charge is -2.26. The fourth-order valence-electron chi connectivity index (χ4n) is 1.98. The Hall–Kier alpha value is -1.95. The maximum Gasteiger partial charge on any atom is 0.258 e. The van der Waals surface area contributed by atoms with Gasteiger partial charge in [0.25, 0.3) is 5.89 Å². The van der Waals surface area contributed by atoms with Gasteiger partial charge in [-0.15, -0.1) is 0 Å². The summed E-state index contributed by atoms with van der Waals surface area (Å²) in [5.74, 6) is 0.272. The van der Waals surface area contributed by atoms with Crippen molar-refractivity contribution in [1.82, 2.24) is 10.1 Å². The molecule has 0 aliphatic rings. The van der Waals surface area contributed by atoms with Crippen LogP contribution in [0.25, 0.3) is 11.5 Å². The van der Waals surface area contributed by atoms with Crippen molar-refractivity contribution in [3.8, 4) is 11.5 Å². The molecule has 20 heavy (non-hydrogen) atoms. The van der Waals surface area contributed by atoms with Gasteiger partial charge in [-0.1, -0.05) is 25.9 Å². The van der Waals surface area contributed by atoms with Crippen molar-refractivity contribution < 1.29 is 13.7 Å². The Morgan fingerprint density at radius 3 is 2.60 bits per heavy atom. The Morgan fingerprint density at radius 1 is 1.35 bits per heavy atom. The predicted octanol–water partition coefficient (Wildman–Crippen LogP) is 3.19. The Balaban J connectivity index is 2.35. The summed E-state index contributed by atoms with van der Waals surface area (Å²) in [6, 6.07) is 4.28. The van der Waals surface area contributed by atoms with E-state index in [9.17, 15) is 4.39 Å². The van der Waals surface area contributed by atoms with Crippen molar-refractivity contribution in [3.63, 3.8) is 0 Å². The zero-order valence-electron chi connectivity index (χ0n) is 12.0. The van der Waals surface area contributed by atoms with Gasteiger partial charge in [0.15, 0.2) is 0 Å². The molecule has 1 atom stereocenters. The van der Waals surface area contributed by atoms with Crippen LogP contribution in [0.5, 0.6) is 0 Å². The van der Waals surface area contributed by atoms with Crippen LogP contribution in [0.2, 0.25) is 0 Å². The minimum Gasteiger partial charge on any atom is -0.396 e. The summed E-state index contributed by atoms with van der Waals surface area (Å²) >= 11 is 0. The van der Waals surface area contributed by atoms with E-state index in [4.69, 9.17) is 15.0 Å². The Bertz CT molecular complexity index is 605. The molecule has 0 amide bonds. The number of hydrogen-bond acceptors (Lipinski definition) is 5. The van der Waals surface area contributed by atoms with Crippen LogP contribution in [-0.2, 0) is 4.74 Å². The smallest absolute Gasteiger partial charge is 0.258 e. The van der Waals surface area contributed by atoms with Gasteiger partial charge in [0.1, 0.15) is 11.9 Å². The van der Waals surface area contributed by atoms with Crippen molar-refractivity contribution in [1.29, 1.82) is 0 Å². The molecule has 108 valence electrons. The second-order valence-electron chi connectivity index (χ2n) is 5.68. The number of benzene rings is 1. The van der Waals surface area contributed by atoms with E-state index in [0.29, 0.717) is 11.4 Å². The van der Waals surface area contributed by atoms with Crippen molar-refractivity contribution >= 4 is 5.69 Å². The number of hydrogen-bond donors (Lipinski definition) is 1. The fraction of sp³-hybridized carbons (Fsp3) is 0.429. The highest BCUT2D eigenvalue weighted by Crippen LogP contribution is 2.34. The molecule has 5 nitrogen and oxygen atoms in total. The number of nitrogens with zero attached hydrogens (tertiary/aromatic N) is 2. The van der Waals surface area contributed by atoms with E-state index in [0.717, 1.165) is 0 Å². The fourth-order valence-corrected chi connectivity index (χ4v) is 1.98. The molecule has 1 heterocycles. The molecule has 0 saturated carbocycles. The van der Waals surface area contributed by atoms with Gasteiger partial charge >= 0.3 is 0 Å². The highest BCUT2D eigenvalue weighted by Gasteiger charge is 2.30. The molecule has 0 fully saturated rings. The average Bonchev–Trinajstić information content (AvgIpc) is 2.81. The maximum atomic E-state index is 13.1. The third-order valence-electron chi connectivity index (χ3n) is 2.94. The van der Waals surface area contributed by atoms with Gasteiger partial charge in [-0.05, 0) is 23.6 Å². The molecule has 0 bridgehead atoms. The zero-order chi connectivity index (χ0) is 14.9. The lowest BCUT2D eigenvalue weighted by Crippen LogP contribution is -2.21. The SMILES string of the molecule is COC(c1noc(-c2ccc(F)c(N)c2)n1)C(C)(C)C. The third kappa shape index (κ3) is 2.80. The Labute approximate surface area is 116 Å². The summed E-state index contributed by atoms with van der Waals surface area (Å²) in [4.78, 5) is 4.31. The average molecular weight is 279 g/mol. The van der Waals surface area contributed by atoms with E-state index in [-0.39, 0.29) is 23.1 Å². The summed E-state index contributed by atoms with van der Waals surface area (Å²) in [6.45, 7) is 6.06. The number of nitrogens with two attached hydrogens (primary N) is 1. The number of halogens is 1. The number of anilines is 1. The van der Waals surface area contributed by atoms with E-state index < -0.39 is 5.82 Å². The zero-order valence-corrected chi connectivity index (χ0v) is 12.0. The van der Waals surface area contributed by atoms with Crippen LogP contribution in [-0.4, -0.2) is 17.3 Å². The molecule has 2 rings (SSSR count). The molecule has 0 radical (unpaired) electrons. The number of ether oxygens (including phenoxy) is 1. The van der Waals surface area contributed by atoms with Crippen molar-refractivity contribution in [2.24, 2.45) is 5.41 Å². The first kappa shape index (κ1) is 14.5. The van der Waals surface area contributed by atoms with E-state index in [2.05, 4.69) is 10.1 Å². The highest BCUT2D eigenvalue weighted by atomic mass is 19.1. The monoisotopic (exact) mass is 279 g/mol. The topological polar surface area (TPSA) is 74.2 Å². The summed E-state index contributed by atoms with van der Waals surface area (Å²) in [6.07, 6.45) is -0.294. The van der Waals surface area contributed by atoms with Crippen LogP contribution < -0.4 is 5.73 Å². The van der Waals surface area contributed by atoms with Crippen LogP contribution in [0, 0.1) is 11.2 Å². The largest absolute Gasteiger partial charge is 0.396 e. The number of nitrogen functional groups attached to an aromatic ring is 1. The molecule has 1 unspecified atom stereocenters. The molecule has 0 spiro atoms. The Kier molecular flexibility index (Phi) is 3.76. The van der Waals surface area contributed by atoms with E-state index in [1.165, 1.54) is 12.1 Å². The van der Waals surface area contributed by atoms with Gasteiger partial charge in [0.2, 0.25) is 5.82 Å². The van der Waals surface area contributed by atoms with Gasteiger partial charge in [0, 0.05) is 12.7 Å². The second-order valence-corrected chi connectivity index (χ2v) is 5.68. The minimum absolute atomic E-state index is 0.0429. The van der Waals surface area contributed by atoms with Crippen LogP contribution in [0.1, 0.15) is 32.7 Å². The maximum absolute atomic E-state index is 13.1. The van der Waals surface area contributed by atoms with Crippen molar-refractivity contribution in [2.75, 3.05) is 12.8 Å². The summed E-state index contributed by atoms with van der Waals surface area (Å²) < 4.78 is 23.8. The summed E-state index contributed by atoms with van der Waals surface area (Å²) in [5.41, 5.74) is 5.98. The van der Waals surface area contributed by atoms with Gasteiger partial charge in [-0.25, -0.2) is 4.39 Å². The predicted molar refractivity (Wildman–Crippen MR) is 73.3 cm³/mol.